The van der Waals surface area contributed by atoms with Gasteiger partial charge in [0.15, 0.2) is 11.6 Å². The van der Waals surface area contributed by atoms with Gasteiger partial charge in [0, 0.05) is 0 Å². The molecule has 24 heavy (non-hydrogen) atoms. The van der Waals surface area contributed by atoms with E-state index in [0.29, 0.717) is 18.6 Å². The predicted octanol–water partition coefficient (Wildman–Crippen LogP) is 3.43. The summed E-state index contributed by atoms with van der Waals surface area (Å²) in [5.41, 5.74) is 0.0404. The van der Waals surface area contributed by atoms with Crippen LogP contribution in [0.25, 0.3) is 0 Å². The zero-order valence-corrected chi connectivity index (χ0v) is 14.9. The van der Waals surface area contributed by atoms with Gasteiger partial charge in [0.05, 0.1) is 19.3 Å². The third-order valence-corrected chi connectivity index (χ3v) is 3.18. The first kappa shape index (κ1) is 20.2. The van der Waals surface area contributed by atoms with Gasteiger partial charge in [-0.3, -0.25) is 0 Å². The number of hydrogen-bond donors (Lipinski definition) is 2. The molecule has 1 atom stereocenters. The Balaban J connectivity index is 2.62. The number of benzene rings is 1. The number of nitrogens with one attached hydrogen (secondary N) is 1. The molecule has 0 aliphatic heterocycles. The molecule has 1 rings (SSSR count). The highest BCUT2D eigenvalue weighted by atomic mass is 19.1. The van der Waals surface area contributed by atoms with E-state index in [0.717, 1.165) is 12.8 Å². The van der Waals surface area contributed by atoms with E-state index in [1.165, 1.54) is 6.07 Å². The Kier molecular flexibility index (Phi) is 7.98. The molecule has 0 heterocycles. The number of hydrogen-bond acceptors (Lipinski definition) is 4. The summed E-state index contributed by atoms with van der Waals surface area (Å²) in [5, 5.41) is 12.0. The predicted molar refractivity (Wildman–Crippen MR) is 90.8 cm³/mol. The molecule has 5 nitrogen and oxygen atoms in total. The topological polar surface area (TPSA) is 67.8 Å². The zero-order valence-electron chi connectivity index (χ0n) is 14.9. The van der Waals surface area contributed by atoms with Crippen molar-refractivity contribution in [1.82, 2.24) is 5.32 Å². The molecular formula is C18H28FNO4. The zero-order chi connectivity index (χ0) is 18.2. The first-order valence-corrected chi connectivity index (χ1v) is 8.26. The third kappa shape index (κ3) is 7.64. The molecule has 0 aliphatic carbocycles. The van der Waals surface area contributed by atoms with E-state index in [1.807, 2.05) is 6.92 Å². The maximum Gasteiger partial charge on any atom is 0.407 e. The summed E-state index contributed by atoms with van der Waals surface area (Å²) < 4.78 is 24.5. The van der Waals surface area contributed by atoms with Crippen LogP contribution in [0.15, 0.2) is 18.2 Å². The van der Waals surface area contributed by atoms with E-state index in [4.69, 9.17) is 9.47 Å². The fourth-order valence-electron chi connectivity index (χ4n) is 2.03. The lowest BCUT2D eigenvalue weighted by molar-refractivity contribution is 0.0483. The average Bonchev–Trinajstić information content (AvgIpc) is 2.47. The van der Waals surface area contributed by atoms with Crippen molar-refractivity contribution in [3.05, 3.63) is 29.6 Å². The van der Waals surface area contributed by atoms with Gasteiger partial charge in [-0.15, -0.1) is 0 Å². The van der Waals surface area contributed by atoms with Crippen molar-refractivity contribution >= 4 is 6.09 Å². The lowest BCUT2D eigenvalue weighted by Crippen LogP contribution is -2.42. The van der Waals surface area contributed by atoms with Crippen molar-refractivity contribution in [1.29, 1.82) is 0 Å². The summed E-state index contributed by atoms with van der Waals surface area (Å²) in [6, 6.07) is 4.11. The van der Waals surface area contributed by atoms with Crippen LogP contribution in [0.5, 0.6) is 5.75 Å². The fraction of sp³-hybridized carbons (Fsp3) is 0.611. The molecule has 0 saturated carbocycles. The summed E-state index contributed by atoms with van der Waals surface area (Å²) in [6.07, 6.45) is 1.53. The molecule has 136 valence electrons. The first-order chi connectivity index (χ1) is 11.2. The SMILES string of the molecule is CCCCOc1ccc(C[C@@H](CO)NC(=O)OC(C)(C)C)cc1F. The number of halogens is 1. The van der Waals surface area contributed by atoms with Crippen LogP contribution in [0.4, 0.5) is 9.18 Å². The number of aliphatic hydroxyl groups excluding tert-OH is 1. The highest BCUT2D eigenvalue weighted by Gasteiger charge is 2.19. The molecule has 0 aromatic heterocycles. The first-order valence-electron chi connectivity index (χ1n) is 8.26. The molecule has 0 spiro atoms. The second kappa shape index (κ2) is 9.47. The molecule has 0 unspecified atom stereocenters. The lowest BCUT2D eigenvalue weighted by Gasteiger charge is -2.23. The lowest BCUT2D eigenvalue weighted by atomic mass is 10.1. The minimum Gasteiger partial charge on any atom is -0.491 e. The van der Waals surface area contributed by atoms with Crippen LogP contribution in [-0.4, -0.2) is 36.1 Å². The van der Waals surface area contributed by atoms with Gasteiger partial charge in [0.1, 0.15) is 5.60 Å². The van der Waals surface area contributed by atoms with Crippen LogP contribution < -0.4 is 10.1 Å². The second-order valence-corrected chi connectivity index (χ2v) is 6.70. The van der Waals surface area contributed by atoms with E-state index in [-0.39, 0.29) is 12.4 Å². The molecule has 0 bridgehead atoms. The number of carbonyl (C=O) groups is 1. The molecule has 1 amide bonds. The molecule has 6 heteroatoms. The molecule has 2 N–H and O–H groups in total. The Morgan fingerprint density at radius 2 is 2.08 bits per heavy atom. The minimum absolute atomic E-state index is 0.216. The van der Waals surface area contributed by atoms with Gasteiger partial charge in [-0.25, -0.2) is 9.18 Å². The highest BCUT2D eigenvalue weighted by Crippen LogP contribution is 2.19. The molecule has 1 aromatic rings. The molecule has 0 aliphatic rings. The van der Waals surface area contributed by atoms with E-state index in [9.17, 15) is 14.3 Å². The second-order valence-electron chi connectivity index (χ2n) is 6.70. The summed E-state index contributed by atoms with van der Waals surface area (Å²) in [5.74, 6) is -0.231. The van der Waals surface area contributed by atoms with Crippen molar-refractivity contribution in [3.8, 4) is 5.75 Å². The monoisotopic (exact) mass is 341 g/mol. The average molecular weight is 341 g/mol. The molecular weight excluding hydrogens is 313 g/mol. The van der Waals surface area contributed by atoms with Crippen LogP contribution in [0, 0.1) is 5.82 Å². The standard InChI is InChI=1S/C18H28FNO4/c1-5-6-9-23-16-8-7-13(11-15(16)19)10-14(12-21)20-17(22)24-18(2,3)4/h7-8,11,14,21H,5-6,9-10,12H2,1-4H3,(H,20,22)/t14-/m0/s1. The Morgan fingerprint density at radius 3 is 2.62 bits per heavy atom. The normalized spacial score (nSPS) is 12.6. The van der Waals surface area contributed by atoms with Crippen LogP contribution in [-0.2, 0) is 11.2 Å². The summed E-state index contributed by atoms with van der Waals surface area (Å²) in [7, 11) is 0. The molecule has 0 fully saturated rings. The number of unbranched alkanes of at least 4 members (excludes halogenated alkanes) is 1. The Morgan fingerprint density at radius 1 is 1.38 bits per heavy atom. The Hall–Kier alpha value is -1.82. The van der Waals surface area contributed by atoms with E-state index in [1.54, 1.807) is 32.9 Å². The number of aliphatic hydroxyl groups is 1. The molecule has 0 radical (unpaired) electrons. The van der Waals surface area contributed by atoms with Gasteiger partial charge in [-0.05, 0) is 51.3 Å². The Bertz CT molecular complexity index is 528. The number of amides is 1. The largest absolute Gasteiger partial charge is 0.491 e. The molecule has 0 saturated heterocycles. The van der Waals surface area contributed by atoms with Crippen LogP contribution in [0.2, 0.25) is 0 Å². The van der Waals surface area contributed by atoms with Gasteiger partial charge in [-0.2, -0.15) is 0 Å². The minimum atomic E-state index is -0.617. The number of rotatable bonds is 8. The Labute approximate surface area is 143 Å². The number of alkyl carbamates (subject to hydrolysis) is 1. The third-order valence-electron chi connectivity index (χ3n) is 3.18. The van der Waals surface area contributed by atoms with Gasteiger partial charge in [0.2, 0.25) is 0 Å². The maximum atomic E-state index is 14.0. The summed E-state index contributed by atoms with van der Waals surface area (Å²) in [6.45, 7) is 7.52. The van der Waals surface area contributed by atoms with Crippen molar-refractivity contribution in [2.75, 3.05) is 13.2 Å². The maximum absolute atomic E-state index is 14.0. The van der Waals surface area contributed by atoms with Gasteiger partial charge in [-0.1, -0.05) is 19.4 Å². The fourth-order valence-corrected chi connectivity index (χ4v) is 2.03. The number of carbonyl (C=O) groups excluding carboxylic acids is 1. The summed E-state index contributed by atoms with van der Waals surface area (Å²) in [4.78, 5) is 11.7. The van der Waals surface area contributed by atoms with Crippen LogP contribution >= 0.6 is 0 Å². The smallest absolute Gasteiger partial charge is 0.407 e. The van der Waals surface area contributed by atoms with E-state index < -0.39 is 23.6 Å². The number of ether oxygens (including phenoxy) is 2. The summed E-state index contributed by atoms with van der Waals surface area (Å²) >= 11 is 0. The van der Waals surface area contributed by atoms with Gasteiger partial charge in [0.25, 0.3) is 0 Å². The van der Waals surface area contributed by atoms with Crippen molar-refractivity contribution in [2.24, 2.45) is 0 Å². The van der Waals surface area contributed by atoms with E-state index >= 15 is 0 Å². The van der Waals surface area contributed by atoms with Gasteiger partial charge >= 0.3 is 6.09 Å². The van der Waals surface area contributed by atoms with Gasteiger partial charge < -0.3 is 19.9 Å². The van der Waals surface area contributed by atoms with Crippen molar-refractivity contribution < 1.29 is 23.8 Å². The van der Waals surface area contributed by atoms with Crippen LogP contribution in [0.1, 0.15) is 46.1 Å². The molecule has 1 aromatic carbocycles. The highest BCUT2D eigenvalue weighted by molar-refractivity contribution is 5.68. The van der Waals surface area contributed by atoms with E-state index in [2.05, 4.69) is 5.32 Å². The van der Waals surface area contributed by atoms with Crippen molar-refractivity contribution in [2.45, 2.75) is 58.6 Å². The van der Waals surface area contributed by atoms with Crippen molar-refractivity contribution in [3.63, 3.8) is 0 Å². The van der Waals surface area contributed by atoms with Crippen LogP contribution in [0.3, 0.4) is 0 Å². The quantitative estimate of drug-likeness (QED) is 0.711.